The minimum atomic E-state index is -2.31. The van der Waals surface area contributed by atoms with Gasteiger partial charge in [0.25, 0.3) is 6.43 Å². The van der Waals surface area contributed by atoms with Gasteiger partial charge in [0.1, 0.15) is 0 Å². The molecule has 1 saturated heterocycles. The normalized spacial score (nSPS) is 17.8. The molecule has 1 atom stereocenters. The fraction of sp³-hybridized carbons (Fsp3) is 0.421. The Labute approximate surface area is 146 Å². The summed E-state index contributed by atoms with van der Waals surface area (Å²) in [6.07, 6.45) is -2.31. The number of nitrogens with one attached hydrogen (secondary N) is 1. The number of benzene rings is 2. The highest BCUT2D eigenvalue weighted by Crippen LogP contribution is 2.23. The fourth-order valence-corrected chi connectivity index (χ4v) is 3.27. The average molecular weight is 347 g/mol. The van der Waals surface area contributed by atoms with Gasteiger partial charge in [-0.05, 0) is 18.4 Å². The molecule has 1 aliphatic rings. The van der Waals surface area contributed by atoms with Crippen LogP contribution in [0, 0.1) is 0 Å². The third-order valence-electron chi connectivity index (χ3n) is 4.78. The highest BCUT2D eigenvalue weighted by atomic mass is 19.3. The number of carbonyl (C=O) groups is 1. The molecule has 0 aromatic heterocycles. The Hall–Kier alpha value is -2.05. The number of rotatable bonds is 5. The number of anilines is 1. The number of piperazine rings is 1. The topological polar surface area (TPSA) is 35.6 Å². The Morgan fingerprint density at radius 2 is 1.76 bits per heavy atom. The molecule has 0 bridgehead atoms. The van der Waals surface area contributed by atoms with Gasteiger partial charge in [-0.25, -0.2) is 8.78 Å². The molecule has 2 aromatic carbocycles. The van der Waals surface area contributed by atoms with Crippen molar-refractivity contribution in [3.8, 4) is 0 Å². The van der Waals surface area contributed by atoms with Crippen LogP contribution in [0.15, 0.2) is 42.5 Å². The lowest BCUT2D eigenvalue weighted by atomic mass is 10.1. The van der Waals surface area contributed by atoms with E-state index < -0.39 is 6.43 Å². The van der Waals surface area contributed by atoms with Crippen molar-refractivity contribution in [1.82, 2.24) is 9.80 Å². The van der Waals surface area contributed by atoms with Gasteiger partial charge in [-0.1, -0.05) is 36.4 Å². The van der Waals surface area contributed by atoms with E-state index in [1.807, 2.05) is 54.3 Å². The summed E-state index contributed by atoms with van der Waals surface area (Å²) in [5.41, 5.74) is 0.797. The molecule has 1 N–H and O–H groups in total. The lowest BCUT2D eigenvalue weighted by Crippen LogP contribution is -2.53. The summed E-state index contributed by atoms with van der Waals surface area (Å²) in [7, 11) is 0. The van der Waals surface area contributed by atoms with Crippen LogP contribution < -0.4 is 5.32 Å². The second kappa shape index (κ2) is 7.89. The van der Waals surface area contributed by atoms with Crippen molar-refractivity contribution < 1.29 is 13.6 Å². The Balaban J connectivity index is 1.61. The van der Waals surface area contributed by atoms with Gasteiger partial charge < -0.3 is 5.32 Å². The number of hydrogen-bond acceptors (Lipinski definition) is 3. The van der Waals surface area contributed by atoms with Gasteiger partial charge in [0.2, 0.25) is 5.91 Å². The highest BCUT2D eigenvalue weighted by Gasteiger charge is 2.26. The van der Waals surface area contributed by atoms with E-state index >= 15 is 0 Å². The van der Waals surface area contributed by atoms with Crippen LogP contribution in [0.1, 0.15) is 6.92 Å². The zero-order valence-electron chi connectivity index (χ0n) is 14.3. The SMILES string of the molecule is C[C@H](C(=O)Nc1cccc2ccccc12)N1CCN(CC(F)F)CC1. The molecule has 2 aromatic rings. The number of amides is 1. The summed E-state index contributed by atoms with van der Waals surface area (Å²) in [5.74, 6) is -0.0707. The largest absolute Gasteiger partial charge is 0.324 e. The van der Waals surface area contributed by atoms with Crippen LogP contribution in [-0.4, -0.2) is 60.9 Å². The highest BCUT2D eigenvalue weighted by molar-refractivity contribution is 6.03. The molecule has 0 unspecified atom stereocenters. The summed E-state index contributed by atoms with van der Waals surface area (Å²) >= 11 is 0. The van der Waals surface area contributed by atoms with Crippen LogP contribution in [0.4, 0.5) is 14.5 Å². The summed E-state index contributed by atoms with van der Waals surface area (Å²) in [6.45, 7) is 4.05. The number of carbonyl (C=O) groups excluding carboxylic acids is 1. The molecule has 0 spiro atoms. The first-order valence-electron chi connectivity index (χ1n) is 8.58. The maximum atomic E-state index is 12.6. The maximum absolute atomic E-state index is 12.6. The monoisotopic (exact) mass is 347 g/mol. The Kier molecular flexibility index (Phi) is 5.60. The molecule has 1 heterocycles. The molecule has 4 nitrogen and oxygen atoms in total. The number of nitrogens with zero attached hydrogens (tertiary/aromatic N) is 2. The van der Waals surface area contributed by atoms with Crippen molar-refractivity contribution in [3.63, 3.8) is 0 Å². The Morgan fingerprint density at radius 3 is 2.48 bits per heavy atom. The second-order valence-corrected chi connectivity index (χ2v) is 6.42. The first kappa shape index (κ1) is 17.8. The van der Waals surface area contributed by atoms with Gasteiger partial charge in [-0.15, -0.1) is 0 Å². The smallest absolute Gasteiger partial charge is 0.251 e. The first-order chi connectivity index (χ1) is 12.0. The van der Waals surface area contributed by atoms with Gasteiger partial charge in [-0.3, -0.25) is 14.6 Å². The van der Waals surface area contributed by atoms with E-state index in [4.69, 9.17) is 0 Å². The van der Waals surface area contributed by atoms with Crippen molar-refractivity contribution in [3.05, 3.63) is 42.5 Å². The zero-order chi connectivity index (χ0) is 17.8. The second-order valence-electron chi connectivity index (χ2n) is 6.42. The average Bonchev–Trinajstić information content (AvgIpc) is 2.61. The Morgan fingerprint density at radius 1 is 1.08 bits per heavy atom. The molecule has 25 heavy (non-hydrogen) atoms. The molecule has 0 aliphatic carbocycles. The number of hydrogen-bond donors (Lipinski definition) is 1. The van der Waals surface area contributed by atoms with E-state index in [1.54, 1.807) is 4.90 Å². The minimum absolute atomic E-state index is 0.0707. The van der Waals surface area contributed by atoms with Gasteiger partial charge >= 0.3 is 0 Å². The third-order valence-corrected chi connectivity index (χ3v) is 4.78. The van der Waals surface area contributed by atoms with Crippen molar-refractivity contribution in [1.29, 1.82) is 0 Å². The van der Waals surface area contributed by atoms with Crippen LogP contribution in [0.5, 0.6) is 0 Å². The van der Waals surface area contributed by atoms with Crippen molar-refractivity contribution in [2.75, 3.05) is 38.0 Å². The van der Waals surface area contributed by atoms with Crippen molar-refractivity contribution >= 4 is 22.4 Å². The molecule has 6 heteroatoms. The van der Waals surface area contributed by atoms with Gasteiger partial charge in [0.05, 0.1) is 12.6 Å². The lowest BCUT2D eigenvalue weighted by molar-refractivity contribution is -0.121. The molecular weight excluding hydrogens is 324 g/mol. The van der Waals surface area contributed by atoms with Gasteiger partial charge in [-0.2, -0.15) is 0 Å². The van der Waals surface area contributed by atoms with Crippen LogP contribution in [0.3, 0.4) is 0 Å². The van der Waals surface area contributed by atoms with Crippen LogP contribution in [0.2, 0.25) is 0 Å². The summed E-state index contributed by atoms with van der Waals surface area (Å²) in [4.78, 5) is 16.4. The predicted molar refractivity (Wildman–Crippen MR) is 96.1 cm³/mol. The molecular formula is C19H23F2N3O. The van der Waals surface area contributed by atoms with Gasteiger partial charge in [0, 0.05) is 37.3 Å². The quantitative estimate of drug-likeness (QED) is 0.903. The molecule has 1 amide bonds. The summed E-state index contributed by atoms with van der Waals surface area (Å²) < 4.78 is 24.9. The van der Waals surface area contributed by atoms with Crippen molar-refractivity contribution in [2.24, 2.45) is 0 Å². The molecule has 134 valence electrons. The fourth-order valence-electron chi connectivity index (χ4n) is 3.27. The first-order valence-corrected chi connectivity index (χ1v) is 8.58. The third kappa shape index (κ3) is 4.32. The van der Waals surface area contributed by atoms with Gasteiger partial charge in [0.15, 0.2) is 0 Å². The van der Waals surface area contributed by atoms with E-state index in [1.165, 1.54) is 0 Å². The maximum Gasteiger partial charge on any atom is 0.251 e. The van der Waals surface area contributed by atoms with Crippen LogP contribution in [-0.2, 0) is 4.79 Å². The van der Waals surface area contributed by atoms with Crippen LogP contribution >= 0.6 is 0 Å². The van der Waals surface area contributed by atoms with E-state index in [-0.39, 0.29) is 18.5 Å². The van der Waals surface area contributed by atoms with E-state index in [2.05, 4.69) is 5.32 Å². The number of fused-ring (bicyclic) bond motifs is 1. The molecule has 1 fully saturated rings. The summed E-state index contributed by atoms with van der Waals surface area (Å²) in [5, 5.41) is 5.10. The molecule has 0 saturated carbocycles. The zero-order valence-corrected chi connectivity index (χ0v) is 14.3. The van der Waals surface area contributed by atoms with Crippen molar-refractivity contribution in [2.45, 2.75) is 19.4 Å². The molecule has 0 radical (unpaired) electrons. The predicted octanol–water partition coefficient (Wildman–Crippen LogP) is 3.05. The van der Waals surface area contributed by atoms with E-state index in [0.717, 1.165) is 16.5 Å². The molecule has 3 rings (SSSR count). The summed E-state index contributed by atoms with van der Waals surface area (Å²) in [6, 6.07) is 13.4. The molecule has 1 aliphatic heterocycles. The van der Waals surface area contributed by atoms with E-state index in [0.29, 0.717) is 26.2 Å². The standard InChI is InChI=1S/C19H23F2N3O/c1-14(24-11-9-23(10-12-24)13-18(20)21)19(25)22-17-8-4-6-15-5-2-3-7-16(15)17/h2-8,14,18H,9-13H2,1H3,(H,22,25)/t14-/m1/s1. The number of halogens is 2. The number of alkyl halides is 2. The lowest BCUT2D eigenvalue weighted by Gasteiger charge is -2.37. The Bertz CT molecular complexity index is 724. The van der Waals surface area contributed by atoms with Crippen LogP contribution in [0.25, 0.3) is 10.8 Å². The minimum Gasteiger partial charge on any atom is -0.324 e. The van der Waals surface area contributed by atoms with E-state index in [9.17, 15) is 13.6 Å².